The van der Waals surface area contributed by atoms with Crippen molar-refractivity contribution in [2.45, 2.75) is 109 Å². The van der Waals surface area contributed by atoms with Crippen LogP contribution in [0.25, 0.3) is 0 Å². The maximum atomic E-state index is 11.6. The first-order chi connectivity index (χ1) is 15.5. The molecule has 2 aliphatic carbocycles. The fraction of sp³-hybridized carbons (Fsp3) is 0.692. The minimum absolute atomic E-state index is 0.125. The molecule has 3 rings (SSSR count). The van der Waals surface area contributed by atoms with Crippen LogP contribution in [0.1, 0.15) is 90.0 Å². The standard InChI is InChI=1S/C14H19NO4.C12H23N/c1-3-10(2)12(13(16)17)15-14(18)19-9-11-7-5-4-6-8-11;1-3-7-11(8-4-1)13-12-9-5-2-6-10-12/h4-8,10,12H,3,9H2,1-2H3,(H,15,18)(H,16,17);11-13H,1-10H2/t10-,12+;/m1./s1. The zero-order valence-corrected chi connectivity index (χ0v) is 19.9. The minimum atomic E-state index is -1.05. The summed E-state index contributed by atoms with van der Waals surface area (Å²) < 4.78 is 4.99. The Labute approximate surface area is 193 Å². The number of nitrogens with one attached hydrogen (secondary N) is 2. The molecule has 1 aromatic carbocycles. The zero-order chi connectivity index (χ0) is 23.2. The van der Waals surface area contributed by atoms with Gasteiger partial charge in [-0.05, 0) is 37.2 Å². The van der Waals surface area contributed by atoms with Crippen molar-refractivity contribution in [2.24, 2.45) is 5.92 Å². The van der Waals surface area contributed by atoms with Gasteiger partial charge in [0.15, 0.2) is 0 Å². The molecule has 0 spiro atoms. The van der Waals surface area contributed by atoms with E-state index in [-0.39, 0.29) is 12.5 Å². The summed E-state index contributed by atoms with van der Waals surface area (Å²) in [6.45, 7) is 3.77. The summed E-state index contributed by atoms with van der Waals surface area (Å²) in [6.07, 6.45) is 14.5. The maximum Gasteiger partial charge on any atom is 0.408 e. The third-order valence-corrected chi connectivity index (χ3v) is 6.65. The van der Waals surface area contributed by atoms with E-state index in [1.807, 2.05) is 37.3 Å². The molecule has 32 heavy (non-hydrogen) atoms. The van der Waals surface area contributed by atoms with Crippen LogP contribution >= 0.6 is 0 Å². The van der Waals surface area contributed by atoms with Gasteiger partial charge in [0.1, 0.15) is 12.6 Å². The van der Waals surface area contributed by atoms with Crippen LogP contribution in [0.15, 0.2) is 30.3 Å². The molecule has 1 aromatic rings. The molecular weight excluding hydrogens is 404 g/mol. The van der Waals surface area contributed by atoms with Gasteiger partial charge < -0.3 is 20.5 Å². The fourth-order valence-electron chi connectivity index (χ4n) is 4.45. The summed E-state index contributed by atoms with van der Waals surface area (Å²) in [5, 5.41) is 15.3. The Bertz CT molecular complexity index is 639. The Morgan fingerprint density at radius 2 is 1.50 bits per heavy atom. The highest BCUT2D eigenvalue weighted by molar-refractivity contribution is 5.80. The summed E-state index contributed by atoms with van der Waals surface area (Å²) in [5.41, 5.74) is 0.855. The quantitative estimate of drug-likeness (QED) is 0.480. The van der Waals surface area contributed by atoms with Crippen LogP contribution in [0.2, 0.25) is 0 Å². The van der Waals surface area contributed by atoms with Gasteiger partial charge in [-0.25, -0.2) is 9.59 Å². The van der Waals surface area contributed by atoms with E-state index in [0.29, 0.717) is 6.42 Å². The van der Waals surface area contributed by atoms with Crippen molar-refractivity contribution in [3.05, 3.63) is 35.9 Å². The highest BCUT2D eigenvalue weighted by atomic mass is 16.5. The number of carboxylic acid groups (broad SMARTS) is 1. The van der Waals surface area contributed by atoms with Crippen molar-refractivity contribution < 1.29 is 19.4 Å². The summed E-state index contributed by atoms with van der Waals surface area (Å²) in [5.74, 6) is -1.20. The van der Waals surface area contributed by atoms with Crippen molar-refractivity contribution in [3.63, 3.8) is 0 Å². The number of carboxylic acids is 1. The second kappa shape index (κ2) is 14.9. The molecule has 0 bridgehead atoms. The van der Waals surface area contributed by atoms with Gasteiger partial charge in [-0.3, -0.25) is 0 Å². The molecule has 6 nitrogen and oxygen atoms in total. The van der Waals surface area contributed by atoms with Gasteiger partial charge in [0.25, 0.3) is 0 Å². The van der Waals surface area contributed by atoms with Crippen molar-refractivity contribution in [2.75, 3.05) is 0 Å². The lowest BCUT2D eigenvalue weighted by Gasteiger charge is -2.30. The molecule has 0 heterocycles. The molecule has 0 saturated heterocycles. The number of hydrogen-bond donors (Lipinski definition) is 3. The highest BCUT2D eigenvalue weighted by Crippen LogP contribution is 2.22. The second-order valence-corrected chi connectivity index (χ2v) is 9.24. The van der Waals surface area contributed by atoms with Crippen LogP contribution in [0.3, 0.4) is 0 Å². The number of carbonyl (C=O) groups excluding carboxylic acids is 1. The Balaban J connectivity index is 0.000000242. The Morgan fingerprint density at radius 1 is 0.969 bits per heavy atom. The summed E-state index contributed by atoms with van der Waals surface area (Å²) >= 11 is 0. The number of benzene rings is 1. The maximum absolute atomic E-state index is 11.6. The van der Waals surface area contributed by atoms with Crippen LogP contribution in [-0.2, 0) is 16.1 Å². The van der Waals surface area contributed by atoms with Crippen molar-refractivity contribution >= 4 is 12.1 Å². The SMILES string of the molecule is C1CCC(NC2CCCCC2)CC1.CC[C@@H](C)[C@H](NC(=O)OCc1ccccc1)C(=O)O. The third-order valence-electron chi connectivity index (χ3n) is 6.65. The lowest BCUT2D eigenvalue weighted by atomic mass is 9.91. The summed E-state index contributed by atoms with van der Waals surface area (Å²) in [4.78, 5) is 22.6. The Hall–Kier alpha value is -2.08. The van der Waals surface area contributed by atoms with E-state index in [2.05, 4.69) is 10.6 Å². The van der Waals surface area contributed by atoms with Crippen molar-refractivity contribution in [1.82, 2.24) is 10.6 Å². The van der Waals surface area contributed by atoms with Crippen molar-refractivity contribution in [3.8, 4) is 0 Å². The van der Waals surface area contributed by atoms with E-state index in [1.165, 1.54) is 64.2 Å². The Kier molecular flexibility index (Phi) is 12.2. The smallest absolute Gasteiger partial charge is 0.408 e. The van der Waals surface area contributed by atoms with Gasteiger partial charge in [0.05, 0.1) is 0 Å². The number of aliphatic carboxylic acids is 1. The topological polar surface area (TPSA) is 87.7 Å². The number of ether oxygens (including phenoxy) is 1. The van der Waals surface area contributed by atoms with Crippen LogP contribution < -0.4 is 10.6 Å². The van der Waals surface area contributed by atoms with E-state index in [4.69, 9.17) is 9.84 Å². The molecule has 0 unspecified atom stereocenters. The molecule has 2 atom stereocenters. The van der Waals surface area contributed by atoms with E-state index < -0.39 is 18.1 Å². The molecule has 0 aromatic heterocycles. The Morgan fingerprint density at radius 3 is 1.97 bits per heavy atom. The summed E-state index contributed by atoms with van der Waals surface area (Å²) in [6, 6.07) is 10.0. The largest absolute Gasteiger partial charge is 0.480 e. The van der Waals surface area contributed by atoms with Crippen LogP contribution in [-0.4, -0.2) is 35.3 Å². The van der Waals surface area contributed by atoms with Crippen LogP contribution in [0.4, 0.5) is 4.79 Å². The van der Waals surface area contributed by atoms with Crippen LogP contribution in [0, 0.1) is 5.92 Å². The van der Waals surface area contributed by atoms with E-state index in [9.17, 15) is 9.59 Å². The zero-order valence-electron chi connectivity index (χ0n) is 19.9. The molecule has 2 saturated carbocycles. The predicted octanol–water partition coefficient (Wildman–Crippen LogP) is 5.65. The number of rotatable bonds is 8. The summed E-state index contributed by atoms with van der Waals surface area (Å²) in [7, 11) is 0. The average Bonchev–Trinajstić information content (AvgIpc) is 2.83. The fourth-order valence-corrected chi connectivity index (χ4v) is 4.45. The van der Waals surface area contributed by atoms with Gasteiger partial charge in [-0.15, -0.1) is 0 Å². The van der Waals surface area contributed by atoms with Gasteiger partial charge in [0, 0.05) is 12.1 Å². The minimum Gasteiger partial charge on any atom is -0.480 e. The van der Waals surface area contributed by atoms with Gasteiger partial charge in [-0.1, -0.05) is 89.1 Å². The highest BCUT2D eigenvalue weighted by Gasteiger charge is 2.25. The number of hydrogen-bond acceptors (Lipinski definition) is 4. The molecule has 3 N–H and O–H groups in total. The number of alkyl carbamates (subject to hydrolysis) is 1. The van der Waals surface area contributed by atoms with Gasteiger partial charge in [0.2, 0.25) is 0 Å². The normalized spacial score (nSPS) is 19.2. The molecule has 1 amide bonds. The van der Waals surface area contributed by atoms with Crippen LogP contribution in [0.5, 0.6) is 0 Å². The number of carbonyl (C=O) groups is 2. The van der Waals surface area contributed by atoms with E-state index in [1.54, 1.807) is 6.92 Å². The second-order valence-electron chi connectivity index (χ2n) is 9.24. The average molecular weight is 447 g/mol. The van der Waals surface area contributed by atoms with E-state index >= 15 is 0 Å². The van der Waals surface area contributed by atoms with E-state index in [0.717, 1.165) is 17.6 Å². The third kappa shape index (κ3) is 10.0. The number of amides is 1. The lowest BCUT2D eigenvalue weighted by molar-refractivity contribution is -0.140. The van der Waals surface area contributed by atoms with Gasteiger partial charge >= 0.3 is 12.1 Å². The molecule has 0 aliphatic heterocycles. The first-order valence-electron chi connectivity index (χ1n) is 12.5. The van der Waals surface area contributed by atoms with Gasteiger partial charge in [-0.2, -0.15) is 0 Å². The lowest BCUT2D eigenvalue weighted by Crippen LogP contribution is -2.45. The predicted molar refractivity (Wildman–Crippen MR) is 128 cm³/mol. The molecule has 6 heteroatoms. The molecular formula is C26H42N2O4. The molecule has 0 radical (unpaired) electrons. The monoisotopic (exact) mass is 446 g/mol. The first kappa shape index (κ1) is 26.2. The molecule has 180 valence electrons. The van der Waals surface area contributed by atoms with Crippen molar-refractivity contribution in [1.29, 1.82) is 0 Å². The molecule has 2 fully saturated rings. The first-order valence-corrected chi connectivity index (χ1v) is 12.5. The molecule has 2 aliphatic rings.